The molecule has 0 atom stereocenters. The van der Waals surface area contributed by atoms with Crippen LogP contribution in [0.15, 0.2) is 23.2 Å². The van der Waals surface area contributed by atoms with Gasteiger partial charge in [-0.25, -0.2) is 4.79 Å². The number of rotatable bonds is 1. The summed E-state index contributed by atoms with van der Waals surface area (Å²) in [6.45, 7) is 0. The van der Waals surface area contributed by atoms with E-state index in [1.807, 2.05) is 6.07 Å². The summed E-state index contributed by atoms with van der Waals surface area (Å²) in [4.78, 5) is 14.7. The zero-order valence-corrected chi connectivity index (χ0v) is 6.32. The molecule has 1 N–H and O–H groups in total. The number of para-hydroxylation sites is 1. The zero-order chi connectivity index (χ0) is 8.55. The molecule has 0 saturated carbocycles. The van der Waals surface area contributed by atoms with E-state index in [-0.39, 0.29) is 0 Å². The van der Waals surface area contributed by atoms with Crippen LogP contribution < -0.4 is 0 Å². The van der Waals surface area contributed by atoms with E-state index in [9.17, 15) is 4.79 Å². The van der Waals surface area contributed by atoms with Gasteiger partial charge >= 0.3 is 5.97 Å². The molecule has 1 aliphatic rings. The summed E-state index contributed by atoms with van der Waals surface area (Å²) in [5.74, 6) is -0.911. The molecule has 12 heavy (non-hydrogen) atoms. The third-order valence-electron chi connectivity index (χ3n) is 1.88. The Hall–Kier alpha value is -1.64. The lowest BCUT2D eigenvalue weighted by atomic mass is 10.1. The highest BCUT2D eigenvalue weighted by Crippen LogP contribution is 2.28. The second kappa shape index (κ2) is 2.44. The number of hydrogen-bond acceptors (Lipinski definition) is 2. The highest BCUT2D eigenvalue weighted by molar-refractivity contribution is 5.96. The van der Waals surface area contributed by atoms with Crippen LogP contribution in [-0.2, 0) is 6.42 Å². The van der Waals surface area contributed by atoms with Gasteiger partial charge in [0.2, 0.25) is 0 Å². The Morgan fingerprint density at radius 1 is 1.50 bits per heavy atom. The Labute approximate surface area is 69.4 Å². The van der Waals surface area contributed by atoms with E-state index in [0.29, 0.717) is 11.3 Å². The van der Waals surface area contributed by atoms with Gasteiger partial charge in [-0.1, -0.05) is 12.1 Å². The summed E-state index contributed by atoms with van der Waals surface area (Å²) in [5, 5.41) is 8.78. The normalized spacial score (nSPS) is 13.0. The fourth-order valence-corrected chi connectivity index (χ4v) is 1.32. The zero-order valence-electron chi connectivity index (χ0n) is 6.32. The summed E-state index contributed by atoms with van der Waals surface area (Å²) in [6.07, 6.45) is 2.48. The second-order valence-electron chi connectivity index (χ2n) is 2.63. The van der Waals surface area contributed by atoms with Gasteiger partial charge in [0.05, 0.1) is 11.3 Å². The SMILES string of the molecule is O=C(O)c1cccc2c1N=CC2. The quantitative estimate of drug-likeness (QED) is 0.680. The molecule has 3 nitrogen and oxygen atoms in total. The first-order valence-electron chi connectivity index (χ1n) is 3.67. The molecule has 0 unspecified atom stereocenters. The largest absolute Gasteiger partial charge is 0.478 e. The molecule has 1 heterocycles. The van der Waals surface area contributed by atoms with E-state index in [0.717, 1.165) is 12.0 Å². The minimum atomic E-state index is -0.911. The number of benzene rings is 1. The molecule has 60 valence electrons. The van der Waals surface area contributed by atoms with E-state index in [1.165, 1.54) is 0 Å². The molecule has 1 aromatic carbocycles. The number of carboxylic acid groups (broad SMARTS) is 1. The van der Waals surface area contributed by atoms with Crippen molar-refractivity contribution in [3.05, 3.63) is 29.3 Å². The predicted molar refractivity (Wildman–Crippen MR) is 45.3 cm³/mol. The van der Waals surface area contributed by atoms with Crippen LogP contribution in [0.4, 0.5) is 5.69 Å². The minimum absolute atomic E-state index is 0.293. The molecule has 0 saturated heterocycles. The smallest absolute Gasteiger partial charge is 0.337 e. The molecule has 0 aromatic heterocycles. The highest BCUT2D eigenvalue weighted by Gasteiger charge is 2.14. The molecular formula is C9H7NO2. The van der Waals surface area contributed by atoms with Gasteiger partial charge in [-0.2, -0.15) is 0 Å². The maximum Gasteiger partial charge on any atom is 0.337 e. The Balaban J connectivity index is 2.63. The number of aliphatic imine (C=N–C) groups is 1. The fourth-order valence-electron chi connectivity index (χ4n) is 1.32. The van der Waals surface area contributed by atoms with E-state index < -0.39 is 5.97 Å². The predicted octanol–water partition coefficient (Wildman–Crippen LogP) is 1.64. The average molecular weight is 161 g/mol. The van der Waals surface area contributed by atoms with Crippen LogP contribution in [0, 0.1) is 0 Å². The maximum atomic E-state index is 10.7. The third kappa shape index (κ3) is 0.906. The number of carboxylic acids is 1. The van der Waals surface area contributed by atoms with Crippen LogP contribution in [0.5, 0.6) is 0 Å². The van der Waals surface area contributed by atoms with Gasteiger partial charge in [0.25, 0.3) is 0 Å². The Kier molecular flexibility index (Phi) is 1.43. The Morgan fingerprint density at radius 2 is 2.33 bits per heavy atom. The summed E-state index contributed by atoms with van der Waals surface area (Å²) < 4.78 is 0. The second-order valence-corrected chi connectivity index (χ2v) is 2.63. The van der Waals surface area contributed by atoms with Gasteiger partial charge in [0.1, 0.15) is 0 Å². The van der Waals surface area contributed by atoms with Crippen molar-refractivity contribution in [1.29, 1.82) is 0 Å². The first-order valence-corrected chi connectivity index (χ1v) is 3.67. The van der Waals surface area contributed by atoms with Crippen molar-refractivity contribution in [2.24, 2.45) is 4.99 Å². The van der Waals surface area contributed by atoms with Crippen LogP contribution in [0.3, 0.4) is 0 Å². The average Bonchev–Trinajstić information content (AvgIpc) is 2.49. The van der Waals surface area contributed by atoms with Crippen molar-refractivity contribution in [3.8, 4) is 0 Å². The number of carbonyl (C=O) groups is 1. The van der Waals surface area contributed by atoms with E-state index in [1.54, 1.807) is 18.3 Å². The van der Waals surface area contributed by atoms with E-state index in [2.05, 4.69) is 4.99 Å². The van der Waals surface area contributed by atoms with Crippen LogP contribution in [0.1, 0.15) is 15.9 Å². The molecule has 0 aliphatic carbocycles. The monoisotopic (exact) mass is 161 g/mol. The highest BCUT2D eigenvalue weighted by atomic mass is 16.4. The first kappa shape index (κ1) is 7.03. The van der Waals surface area contributed by atoms with Gasteiger partial charge in [-0.3, -0.25) is 4.99 Å². The lowest BCUT2D eigenvalue weighted by Gasteiger charge is -2.00. The van der Waals surface area contributed by atoms with Gasteiger partial charge in [0, 0.05) is 12.6 Å². The summed E-state index contributed by atoms with van der Waals surface area (Å²) in [6, 6.07) is 5.22. The minimum Gasteiger partial charge on any atom is -0.478 e. The number of nitrogens with zero attached hydrogens (tertiary/aromatic N) is 1. The van der Waals surface area contributed by atoms with E-state index in [4.69, 9.17) is 5.11 Å². The molecule has 2 rings (SSSR count). The first-order chi connectivity index (χ1) is 5.79. The van der Waals surface area contributed by atoms with Crippen LogP contribution in [-0.4, -0.2) is 17.3 Å². The summed E-state index contributed by atoms with van der Waals surface area (Å²) >= 11 is 0. The summed E-state index contributed by atoms with van der Waals surface area (Å²) in [5.41, 5.74) is 1.90. The number of fused-ring (bicyclic) bond motifs is 1. The van der Waals surface area contributed by atoms with Crippen molar-refractivity contribution in [1.82, 2.24) is 0 Å². The number of aromatic carboxylic acids is 1. The molecule has 1 aromatic rings. The lowest BCUT2D eigenvalue weighted by molar-refractivity contribution is 0.0698. The van der Waals surface area contributed by atoms with Gasteiger partial charge < -0.3 is 5.11 Å². The molecule has 3 heteroatoms. The molecule has 1 aliphatic heterocycles. The lowest BCUT2D eigenvalue weighted by Crippen LogP contribution is -1.96. The van der Waals surface area contributed by atoms with E-state index >= 15 is 0 Å². The third-order valence-corrected chi connectivity index (χ3v) is 1.88. The molecule has 0 spiro atoms. The standard InChI is InChI=1S/C9H7NO2/c11-9(12)7-3-1-2-6-4-5-10-8(6)7/h1-3,5H,4H2,(H,11,12). The van der Waals surface area contributed by atoms with Gasteiger partial charge in [-0.15, -0.1) is 0 Å². The van der Waals surface area contributed by atoms with Crippen LogP contribution in [0.2, 0.25) is 0 Å². The van der Waals surface area contributed by atoms with Crippen LogP contribution >= 0.6 is 0 Å². The molecule has 0 radical (unpaired) electrons. The van der Waals surface area contributed by atoms with Crippen molar-refractivity contribution < 1.29 is 9.90 Å². The number of hydrogen-bond donors (Lipinski definition) is 1. The fraction of sp³-hybridized carbons (Fsp3) is 0.111. The Morgan fingerprint density at radius 3 is 3.08 bits per heavy atom. The van der Waals surface area contributed by atoms with Gasteiger partial charge in [-0.05, 0) is 11.6 Å². The molecular weight excluding hydrogens is 154 g/mol. The topological polar surface area (TPSA) is 49.7 Å². The van der Waals surface area contributed by atoms with Crippen molar-refractivity contribution in [2.45, 2.75) is 6.42 Å². The summed E-state index contributed by atoms with van der Waals surface area (Å²) in [7, 11) is 0. The Bertz CT molecular complexity index is 369. The van der Waals surface area contributed by atoms with Crippen molar-refractivity contribution in [2.75, 3.05) is 0 Å². The molecule has 0 bridgehead atoms. The van der Waals surface area contributed by atoms with Crippen molar-refractivity contribution in [3.63, 3.8) is 0 Å². The van der Waals surface area contributed by atoms with Crippen molar-refractivity contribution >= 4 is 17.9 Å². The molecule has 0 amide bonds. The maximum absolute atomic E-state index is 10.7. The van der Waals surface area contributed by atoms with Gasteiger partial charge in [0.15, 0.2) is 0 Å². The van der Waals surface area contributed by atoms with Crippen LogP contribution in [0.25, 0.3) is 0 Å². The molecule has 0 fully saturated rings.